The third-order valence-electron chi connectivity index (χ3n) is 2.53. The Morgan fingerprint density at radius 1 is 1.68 bits per heavy atom. The molecule has 0 radical (unpaired) electrons. The lowest BCUT2D eigenvalue weighted by Gasteiger charge is -2.22. The third-order valence-corrected chi connectivity index (χ3v) is 3.38. The van der Waals surface area contributed by atoms with Crippen molar-refractivity contribution in [1.29, 1.82) is 5.26 Å². The third kappa shape index (κ3) is 4.22. The highest BCUT2D eigenvalue weighted by atomic mass is 32.1. The van der Waals surface area contributed by atoms with Gasteiger partial charge < -0.3 is 15.3 Å². The van der Waals surface area contributed by atoms with Crippen molar-refractivity contribution in [2.75, 3.05) is 7.05 Å². The fraction of sp³-hybridized carbons (Fsp3) is 0.455. The van der Waals surface area contributed by atoms with Gasteiger partial charge in [0.15, 0.2) is 5.69 Å². The van der Waals surface area contributed by atoms with Crippen LogP contribution in [-0.4, -0.2) is 40.1 Å². The number of carboxylic acids is 1. The van der Waals surface area contributed by atoms with Crippen LogP contribution in [0.2, 0.25) is 0 Å². The Balaban J connectivity index is 2.49. The van der Waals surface area contributed by atoms with Crippen LogP contribution in [-0.2, 0) is 6.54 Å². The summed E-state index contributed by atoms with van der Waals surface area (Å²) >= 11 is 1.17. The summed E-state index contributed by atoms with van der Waals surface area (Å²) in [4.78, 5) is 27.7. The van der Waals surface area contributed by atoms with Crippen LogP contribution in [0.5, 0.6) is 0 Å². The number of amides is 2. The number of carbonyl (C=O) groups is 2. The second kappa shape index (κ2) is 6.70. The summed E-state index contributed by atoms with van der Waals surface area (Å²) in [6.45, 7) is 1.94. The maximum atomic E-state index is 11.7. The zero-order valence-electron chi connectivity index (χ0n) is 10.6. The number of carbonyl (C=O) groups excluding carboxylic acids is 1. The molecule has 0 spiro atoms. The molecule has 0 aromatic carbocycles. The molecule has 1 heterocycles. The highest BCUT2D eigenvalue weighted by molar-refractivity contribution is 7.09. The number of hydrogen-bond donors (Lipinski definition) is 2. The summed E-state index contributed by atoms with van der Waals surface area (Å²) in [7, 11) is 1.60. The minimum Gasteiger partial charge on any atom is -0.476 e. The molecule has 2 N–H and O–H groups in total. The zero-order chi connectivity index (χ0) is 14.4. The van der Waals surface area contributed by atoms with Gasteiger partial charge in [0, 0.05) is 18.5 Å². The molecular formula is C11H14N4O3S. The predicted octanol–water partition coefficient (Wildman–Crippen LogP) is 1.28. The molecule has 0 saturated carbocycles. The molecule has 0 saturated heterocycles. The summed E-state index contributed by atoms with van der Waals surface area (Å²) in [5.74, 6) is -1.09. The average molecular weight is 282 g/mol. The standard InChI is InChI=1S/C11H14N4O3S/c1-7(3-4-12)15(2)11(18)13-5-9-14-8(6-19-9)10(16)17/h6-7H,3,5H2,1-2H3,(H,13,18)(H,16,17). The molecule has 1 rings (SSSR count). The summed E-state index contributed by atoms with van der Waals surface area (Å²) in [6, 6.07) is 1.49. The van der Waals surface area contributed by atoms with Gasteiger partial charge in [-0.25, -0.2) is 14.6 Å². The van der Waals surface area contributed by atoms with E-state index in [4.69, 9.17) is 10.4 Å². The Labute approximate surface area is 114 Å². The molecule has 1 unspecified atom stereocenters. The smallest absolute Gasteiger partial charge is 0.355 e. The van der Waals surface area contributed by atoms with Crippen molar-refractivity contribution in [3.05, 3.63) is 16.1 Å². The van der Waals surface area contributed by atoms with Gasteiger partial charge >= 0.3 is 12.0 Å². The van der Waals surface area contributed by atoms with Crippen LogP contribution in [0.25, 0.3) is 0 Å². The maximum Gasteiger partial charge on any atom is 0.355 e. The van der Waals surface area contributed by atoms with E-state index in [0.717, 1.165) is 0 Å². The first-order chi connectivity index (χ1) is 8.95. The molecular weight excluding hydrogens is 268 g/mol. The van der Waals surface area contributed by atoms with Crippen LogP contribution in [0.1, 0.15) is 28.8 Å². The van der Waals surface area contributed by atoms with Gasteiger partial charge in [-0.15, -0.1) is 11.3 Å². The van der Waals surface area contributed by atoms with E-state index < -0.39 is 5.97 Å². The second-order valence-electron chi connectivity index (χ2n) is 3.91. The SMILES string of the molecule is CC(CC#N)N(C)C(=O)NCc1nc(C(=O)O)cs1. The molecule has 1 aromatic heterocycles. The topological polar surface area (TPSA) is 106 Å². The van der Waals surface area contributed by atoms with Gasteiger partial charge in [0.25, 0.3) is 0 Å². The summed E-state index contributed by atoms with van der Waals surface area (Å²) in [5.41, 5.74) is -0.0274. The van der Waals surface area contributed by atoms with Gasteiger partial charge in [-0.3, -0.25) is 0 Å². The number of nitriles is 1. The van der Waals surface area contributed by atoms with Crippen LogP contribution in [0.3, 0.4) is 0 Å². The summed E-state index contributed by atoms with van der Waals surface area (Å²) in [5, 5.41) is 21.8. The number of nitrogens with one attached hydrogen (secondary N) is 1. The number of thiazole rings is 1. The monoisotopic (exact) mass is 282 g/mol. The molecule has 1 atom stereocenters. The van der Waals surface area contributed by atoms with Gasteiger partial charge in [-0.1, -0.05) is 0 Å². The highest BCUT2D eigenvalue weighted by Crippen LogP contribution is 2.09. The molecule has 0 bridgehead atoms. The average Bonchev–Trinajstić information content (AvgIpc) is 2.84. The second-order valence-corrected chi connectivity index (χ2v) is 4.86. The number of carboxylic acid groups (broad SMARTS) is 1. The van der Waals surface area contributed by atoms with Crippen LogP contribution < -0.4 is 5.32 Å². The van der Waals surface area contributed by atoms with E-state index in [2.05, 4.69) is 10.3 Å². The van der Waals surface area contributed by atoms with Gasteiger partial charge in [0.1, 0.15) is 5.01 Å². The normalized spacial score (nSPS) is 11.4. The molecule has 102 valence electrons. The van der Waals surface area contributed by atoms with Gasteiger partial charge in [0.05, 0.1) is 19.0 Å². The number of aromatic nitrogens is 1. The number of rotatable bonds is 5. The Morgan fingerprint density at radius 2 is 2.37 bits per heavy atom. The molecule has 19 heavy (non-hydrogen) atoms. The Hall–Kier alpha value is -2.14. The van der Waals surface area contributed by atoms with Gasteiger partial charge in [-0.05, 0) is 6.92 Å². The quantitative estimate of drug-likeness (QED) is 0.846. The van der Waals surface area contributed by atoms with E-state index in [-0.39, 0.29) is 30.7 Å². The number of nitrogens with zero attached hydrogens (tertiary/aromatic N) is 3. The minimum absolute atomic E-state index is 0.0274. The van der Waals surface area contributed by atoms with Crippen molar-refractivity contribution in [2.45, 2.75) is 25.9 Å². The largest absolute Gasteiger partial charge is 0.476 e. The first-order valence-corrected chi connectivity index (χ1v) is 6.39. The number of urea groups is 1. The van der Waals surface area contributed by atoms with Gasteiger partial charge in [0.2, 0.25) is 0 Å². The van der Waals surface area contributed by atoms with Crippen LogP contribution >= 0.6 is 11.3 Å². The first kappa shape index (κ1) is 14.9. The van der Waals surface area contributed by atoms with E-state index in [9.17, 15) is 9.59 Å². The van der Waals surface area contributed by atoms with Crippen molar-refractivity contribution < 1.29 is 14.7 Å². The Bertz CT molecular complexity index is 508. The van der Waals surface area contributed by atoms with Crippen molar-refractivity contribution in [1.82, 2.24) is 15.2 Å². The van der Waals surface area contributed by atoms with E-state index in [1.54, 1.807) is 14.0 Å². The number of aromatic carboxylic acids is 1. The molecule has 0 aliphatic carbocycles. The van der Waals surface area contributed by atoms with Crippen molar-refractivity contribution >= 4 is 23.3 Å². The lowest BCUT2D eigenvalue weighted by atomic mass is 10.2. The summed E-state index contributed by atoms with van der Waals surface area (Å²) in [6.07, 6.45) is 0.254. The lowest BCUT2D eigenvalue weighted by molar-refractivity contribution is 0.0691. The fourth-order valence-corrected chi connectivity index (χ4v) is 1.94. The molecule has 1 aromatic rings. The van der Waals surface area contributed by atoms with Crippen LogP contribution in [0.15, 0.2) is 5.38 Å². The minimum atomic E-state index is -1.09. The van der Waals surface area contributed by atoms with Crippen LogP contribution in [0, 0.1) is 11.3 Å². The van der Waals surface area contributed by atoms with E-state index in [1.165, 1.54) is 21.6 Å². The molecule has 0 fully saturated rings. The van der Waals surface area contributed by atoms with Crippen molar-refractivity contribution in [3.63, 3.8) is 0 Å². The van der Waals surface area contributed by atoms with Gasteiger partial charge in [-0.2, -0.15) is 5.26 Å². The van der Waals surface area contributed by atoms with E-state index >= 15 is 0 Å². The predicted molar refractivity (Wildman–Crippen MR) is 68.8 cm³/mol. The molecule has 0 aliphatic heterocycles. The molecule has 7 nitrogen and oxygen atoms in total. The van der Waals surface area contributed by atoms with E-state index in [1.807, 2.05) is 6.07 Å². The van der Waals surface area contributed by atoms with Crippen molar-refractivity contribution in [2.24, 2.45) is 0 Å². The lowest BCUT2D eigenvalue weighted by Crippen LogP contribution is -2.41. The Kier molecular flexibility index (Phi) is 5.26. The highest BCUT2D eigenvalue weighted by Gasteiger charge is 2.16. The maximum absolute atomic E-state index is 11.7. The zero-order valence-corrected chi connectivity index (χ0v) is 11.4. The van der Waals surface area contributed by atoms with Crippen molar-refractivity contribution in [3.8, 4) is 6.07 Å². The first-order valence-electron chi connectivity index (χ1n) is 5.51. The Morgan fingerprint density at radius 3 is 2.89 bits per heavy atom. The van der Waals surface area contributed by atoms with E-state index in [0.29, 0.717) is 5.01 Å². The molecule has 8 heteroatoms. The summed E-state index contributed by atoms with van der Waals surface area (Å²) < 4.78 is 0. The molecule has 2 amide bonds. The fourth-order valence-electron chi connectivity index (χ4n) is 1.24. The van der Waals surface area contributed by atoms with Crippen LogP contribution in [0.4, 0.5) is 4.79 Å². The molecule has 0 aliphatic rings. The number of hydrogen-bond acceptors (Lipinski definition) is 5.